The van der Waals surface area contributed by atoms with Crippen LogP contribution < -0.4 is 15.6 Å². The fourth-order valence-electron chi connectivity index (χ4n) is 2.66. The molecule has 2 aromatic carbocycles. The molecule has 0 fully saturated rings. The van der Waals surface area contributed by atoms with Gasteiger partial charge in [0.2, 0.25) is 5.91 Å². The van der Waals surface area contributed by atoms with Gasteiger partial charge in [-0.3, -0.25) is 9.59 Å². The first-order valence-electron chi connectivity index (χ1n) is 8.70. The van der Waals surface area contributed by atoms with Crippen LogP contribution in [-0.4, -0.2) is 22.8 Å². The van der Waals surface area contributed by atoms with Crippen LogP contribution in [0, 0.1) is 0 Å². The third-order valence-corrected chi connectivity index (χ3v) is 4.17. The minimum Gasteiger partial charge on any atom is -0.497 e. The van der Waals surface area contributed by atoms with E-state index in [-0.39, 0.29) is 18.0 Å². The summed E-state index contributed by atoms with van der Waals surface area (Å²) in [5.41, 5.74) is 3.04. The quantitative estimate of drug-likeness (QED) is 0.730. The molecule has 0 unspecified atom stereocenters. The number of amides is 1. The summed E-state index contributed by atoms with van der Waals surface area (Å²) in [5, 5.41) is 7.08. The molecule has 0 radical (unpaired) electrons. The molecule has 0 spiro atoms. The standard InChI is InChI=1S/C21H21N3O3/c1-3-15-7-9-16(10-8-15)19-11-12-21(26)24(23-19)14-20(25)22-17-5-4-6-18(13-17)27-2/h4-13H,3,14H2,1-2H3,(H,22,25). The fourth-order valence-corrected chi connectivity index (χ4v) is 2.66. The molecule has 0 aliphatic heterocycles. The van der Waals surface area contributed by atoms with Crippen molar-refractivity contribution in [2.45, 2.75) is 19.9 Å². The maximum absolute atomic E-state index is 12.3. The molecule has 1 N–H and O–H groups in total. The summed E-state index contributed by atoms with van der Waals surface area (Å²) in [6, 6.07) is 18.1. The van der Waals surface area contributed by atoms with E-state index >= 15 is 0 Å². The number of carbonyl (C=O) groups excluding carboxylic acids is 1. The Kier molecular flexibility index (Phi) is 5.66. The lowest BCUT2D eigenvalue weighted by Gasteiger charge is -2.09. The van der Waals surface area contributed by atoms with Crippen LogP contribution in [0.25, 0.3) is 11.3 Å². The lowest BCUT2D eigenvalue weighted by molar-refractivity contribution is -0.117. The molecule has 0 aliphatic rings. The van der Waals surface area contributed by atoms with Crippen molar-refractivity contribution in [2.24, 2.45) is 0 Å². The van der Waals surface area contributed by atoms with Crippen molar-refractivity contribution in [1.82, 2.24) is 9.78 Å². The molecule has 27 heavy (non-hydrogen) atoms. The normalized spacial score (nSPS) is 10.4. The van der Waals surface area contributed by atoms with Gasteiger partial charge in [-0.05, 0) is 30.2 Å². The maximum atomic E-state index is 12.3. The smallest absolute Gasteiger partial charge is 0.267 e. The van der Waals surface area contributed by atoms with Crippen molar-refractivity contribution in [3.05, 3.63) is 76.6 Å². The second-order valence-electron chi connectivity index (χ2n) is 6.05. The van der Waals surface area contributed by atoms with Gasteiger partial charge in [-0.15, -0.1) is 0 Å². The largest absolute Gasteiger partial charge is 0.497 e. The average molecular weight is 363 g/mol. The van der Waals surface area contributed by atoms with Gasteiger partial charge in [0.25, 0.3) is 5.56 Å². The van der Waals surface area contributed by atoms with Gasteiger partial charge in [0, 0.05) is 23.4 Å². The Morgan fingerprint density at radius 3 is 2.59 bits per heavy atom. The van der Waals surface area contributed by atoms with Crippen LogP contribution in [0.3, 0.4) is 0 Å². The zero-order valence-electron chi connectivity index (χ0n) is 15.3. The summed E-state index contributed by atoms with van der Waals surface area (Å²) in [5.74, 6) is 0.303. The van der Waals surface area contributed by atoms with Gasteiger partial charge in [0.05, 0.1) is 12.8 Å². The van der Waals surface area contributed by atoms with Crippen molar-refractivity contribution in [1.29, 1.82) is 0 Å². The van der Waals surface area contributed by atoms with Gasteiger partial charge in [-0.25, -0.2) is 4.68 Å². The predicted molar refractivity (Wildman–Crippen MR) is 105 cm³/mol. The number of anilines is 1. The number of nitrogens with one attached hydrogen (secondary N) is 1. The van der Waals surface area contributed by atoms with E-state index in [0.29, 0.717) is 17.1 Å². The van der Waals surface area contributed by atoms with Gasteiger partial charge in [0.1, 0.15) is 12.3 Å². The third kappa shape index (κ3) is 4.61. The summed E-state index contributed by atoms with van der Waals surface area (Å²) in [4.78, 5) is 24.4. The number of nitrogens with zero attached hydrogens (tertiary/aromatic N) is 2. The number of methoxy groups -OCH3 is 1. The molecule has 0 saturated heterocycles. The monoisotopic (exact) mass is 363 g/mol. The van der Waals surface area contributed by atoms with Crippen LogP contribution in [0.2, 0.25) is 0 Å². The second kappa shape index (κ2) is 8.31. The number of ether oxygens (including phenoxy) is 1. The number of hydrogen-bond acceptors (Lipinski definition) is 4. The Balaban J connectivity index is 1.77. The Hall–Kier alpha value is -3.41. The molecule has 3 rings (SSSR count). The van der Waals surface area contributed by atoms with E-state index in [9.17, 15) is 9.59 Å². The van der Waals surface area contributed by atoms with Crippen molar-refractivity contribution >= 4 is 11.6 Å². The number of benzene rings is 2. The van der Waals surface area contributed by atoms with E-state index in [1.54, 1.807) is 37.4 Å². The number of carbonyl (C=O) groups is 1. The zero-order valence-corrected chi connectivity index (χ0v) is 15.3. The Labute approximate surface area is 157 Å². The molecule has 1 amide bonds. The van der Waals surface area contributed by atoms with Crippen LogP contribution in [0.15, 0.2) is 65.5 Å². The van der Waals surface area contributed by atoms with E-state index in [0.717, 1.165) is 12.0 Å². The van der Waals surface area contributed by atoms with E-state index in [2.05, 4.69) is 17.3 Å². The number of aromatic nitrogens is 2. The van der Waals surface area contributed by atoms with E-state index < -0.39 is 0 Å². The molecule has 138 valence electrons. The molecule has 0 atom stereocenters. The molecule has 6 heteroatoms. The zero-order chi connectivity index (χ0) is 19.2. The maximum Gasteiger partial charge on any atom is 0.267 e. The summed E-state index contributed by atoms with van der Waals surface area (Å²) in [7, 11) is 1.56. The van der Waals surface area contributed by atoms with Crippen molar-refractivity contribution in [2.75, 3.05) is 12.4 Å². The highest BCUT2D eigenvalue weighted by Crippen LogP contribution is 2.18. The highest BCUT2D eigenvalue weighted by molar-refractivity contribution is 5.90. The lowest BCUT2D eigenvalue weighted by atomic mass is 10.1. The first-order chi connectivity index (χ1) is 13.1. The molecule has 1 heterocycles. The number of rotatable bonds is 6. The van der Waals surface area contributed by atoms with Crippen LogP contribution in [0.1, 0.15) is 12.5 Å². The molecular weight excluding hydrogens is 342 g/mol. The minimum absolute atomic E-state index is 0.170. The second-order valence-corrected chi connectivity index (χ2v) is 6.05. The summed E-state index contributed by atoms with van der Waals surface area (Å²) < 4.78 is 6.30. The van der Waals surface area contributed by atoms with Crippen LogP contribution in [-0.2, 0) is 17.8 Å². The lowest BCUT2D eigenvalue weighted by Crippen LogP contribution is -2.29. The Morgan fingerprint density at radius 2 is 1.89 bits per heavy atom. The van der Waals surface area contributed by atoms with E-state index in [1.807, 2.05) is 24.3 Å². The topological polar surface area (TPSA) is 73.2 Å². The van der Waals surface area contributed by atoms with Gasteiger partial charge >= 0.3 is 0 Å². The summed E-state index contributed by atoms with van der Waals surface area (Å²) in [6.45, 7) is 1.92. The van der Waals surface area contributed by atoms with Crippen LogP contribution in [0.5, 0.6) is 5.75 Å². The molecular formula is C21H21N3O3. The van der Waals surface area contributed by atoms with E-state index in [4.69, 9.17) is 4.74 Å². The summed E-state index contributed by atoms with van der Waals surface area (Å²) >= 11 is 0. The molecule has 0 bridgehead atoms. The average Bonchev–Trinajstić information content (AvgIpc) is 2.70. The highest BCUT2D eigenvalue weighted by Gasteiger charge is 2.09. The van der Waals surface area contributed by atoms with Gasteiger partial charge in [0.15, 0.2) is 0 Å². The molecule has 3 aromatic rings. The van der Waals surface area contributed by atoms with E-state index in [1.165, 1.54) is 16.3 Å². The number of aryl methyl sites for hydroxylation is 1. The first-order valence-corrected chi connectivity index (χ1v) is 8.70. The summed E-state index contributed by atoms with van der Waals surface area (Å²) in [6.07, 6.45) is 0.956. The van der Waals surface area contributed by atoms with Crippen LogP contribution in [0.4, 0.5) is 5.69 Å². The van der Waals surface area contributed by atoms with Gasteiger partial charge in [-0.1, -0.05) is 37.3 Å². The first kappa shape index (κ1) is 18.4. The molecule has 6 nitrogen and oxygen atoms in total. The fraction of sp³-hybridized carbons (Fsp3) is 0.190. The predicted octanol–water partition coefficient (Wildman–Crippen LogP) is 3.12. The van der Waals surface area contributed by atoms with Crippen molar-refractivity contribution in [3.63, 3.8) is 0 Å². The number of hydrogen-bond donors (Lipinski definition) is 1. The third-order valence-electron chi connectivity index (χ3n) is 4.17. The molecule has 0 aliphatic carbocycles. The van der Waals surface area contributed by atoms with Crippen LogP contribution >= 0.6 is 0 Å². The highest BCUT2D eigenvalue weighted by atomic mass is 16.5. The van der Waals surface area contributed by atoms with Crippen molar-refractivity contribution < 1.29 is 9.53 Å². The van der Waals surface area contributed by atoms with Crippen molar-refractivity contribution in [3.8, 4) is 17.0 Å². The van der Waals surface area contributed by atoms with Gasteiger partial charge in [-0.2, -0.15) is 5.10 Å². The molecule has 1 aromatic heterocycles. The van der Waals surface area contributed by atoms with Gasteiger partial charge < -0.3 is 10.1 Å². The SMILES string of the molecule is CCc1ccc(-c2ccc(=O)n(CC(=O)Nc3cccc(OC)c3)n2)cc1. The Bertz CT molecular complexity index is 994. The minimum atomic E-state index is -0.337. The Morgan fingerprint density at radius 1 is 1.11 bits per heavy atom. The molecule has 0 saturated carbocycles.